The lowest BCUT2D eigenvalue weighted by molar-refractivity contribution is 0.340. The summed E-state index contributed by atoms with van der Waals surface area (Å²) in [5, 5.41) is 9.84. The Morgan fingerprint density at radius 2 is 1.57 bits per heavy atom. The van der Waals surface area contributed by atoms with Gasteiger partial charge in [0.25, 0.3) is 0 Å². The molecule has 30 heavy (non-hydrogen) atoms. The quantitative estimate of drug-likeness (QED) is 0.325. The van der Waals surface area contributed by atoms with E-state index in [0.29, 0.717) is 6.61 Å². The van der Waals surface area contributed by atoms with Gasteiger partial charge in [-0.25, -0.2) is 0 Å². The van der Waals surface area contributed by atoms with E-state index in [1.807, 2.05) is 67.6 Å². The van der Waals surface area contributed by atoms with E-state index in [0.717, 1.165) is 33.7 Å². The number of thioether (sulfide) groups is 1. The number of hydrogen-bond acceptors (Lipinski definition) is 4. The molecular weight excluding hydrogens is 390 g/mol. The first-order valence-corrected chi connectivity index (χ1v) is 10.9. The van der Waals surface area contributed by atoms with Gasteiger partial charge in [-0.3, -0.25) is 4.57 Å². The third kappa shape index (κ3) is 4.81. The van der Waals surface area contributed by atoms with Crippen molar-refractivity contribution in [3.63, 3.8) is 0 Å². The summed E-state index contributed by atoms with van der Waals surface area (Å²) >= 11 is 1.66. The standard InChI is InChI=1S/C25H23N3OS/c1-2-29-23-17-15-22(16-18-23)28-24(21-13-7-4-8-14-21)26-27-25(28)30-19-9-12-20-10-5-3-6-11-20/h3-18H,2,19H2,1H3. The van der Waals surface area contributed by atoms with Crippen LogP contribution in [0.25, 0.3) is 23.2 Å². The van der Waals surface area contributed by atoms with E-state index in [-0.39, 0.29) is 0 Å². The third-order valence-corrected chi connectivity index (χ3v) is 5.37. The van der Waals surface area contributed by atoms with Gasteiger partial charge < -0.3 is 4.74 Å². The van der Waals surface area contributed by atoms with Crippen LogP contribution in [0.5, 0.6) is 5.75 Å². The Balaban J connectivity index is 1.61. The molecule has 0 spiro atoms. The second-order valence-electron chi connectivity index (χ2n) is 6.56. The maximum Gasteiger partial charge on any atom is 0.196 e. The summed E-state index contributed by atoms with van der Waals surface area (Å²) in [5.74, 6) is 2.49. The first-order valence-electron chi connectivity index (χ1n) is 9.93. The molecule has 0 atom stereocenters. The highest BCUT2D eigenvalue weighted by atomic mass is 32.2. The van der Waals surface area contributed by atoms with Gasteiger partial charge in [-0.05, 0) is 36.8 Å². The highest BCUT2D eigenvalue weighted by Crippen LogP contribution is 2.29. The highest BCUT2D eigenvalue weighted by Gasteiger charge is 2.15. The van der Waals surface area contributed by atoms with Crippen molar-refractivity contribution in [1.29, 1.82) is 0 Å². The molecule has 0 bridgehead atoms. The van der Waals surface area contributed by atoms with Crippen LogP contribution in [-0.4, -0.2) is 27.1 Å². The van der Waals surface area contributed by atoms with Crippen molar-refractivity contribution in [3.05, 3.63) is 96.6 Å². The van der Waals surface area contributed by atoms with Crippen molar-refractivity contribution < 1.29 is 4.74 Å². The predicted molar refractivity (Wildman–Crippen MR) is 124 cm³/mol. The second-order valence-corrected chi connectivity index (χ2v) is 7.55. The van der Waals surface area contributed by atoms with Gasteiger partial charge in [-0.15, -0.1) is 10.2 Å². The van der Waals surface area contributed by atoms with Crippen molar-refractivity contribution >= 4 is 17.8 Å². The highest BCUT2D eigenvalue weighted by molar-refractivity contribution is 7.99. The average molecular weight is 414 g/mol. The Bertz CT molecular complexity index is 1090. The van der Waals surface area contributed by atoms with Gasteiger partial charge in [0, 0.05) is 17.0 Å². The topological polar surface area (TPSA) is 39.9 Å². The summed E-state index contributed by atoms with van der Waals surface area (Å²) in [5.41, 5.74) is 3.23. The van der Waals surface area contributed by atoms with Gasteiger partial charge in [-0.1, -0.05) is 84.6 Å². The number of aromatic nitrogens is 3. The van der Waals surface area contributed by atoms with Gasteiger partial charge in [0.15, 0.2) is 11.0 Å². The number of nitrogens with zero attached hydrogens (tertiary/aromatic N) is 3. The fourth-order valence-corrected chi connectivity index (χ4v) is 3.86. The zero-order chi connectivity index (χ0) is 20.6. The molecule has 5 heteroatoms. The minimum Gasteiger partial charge on any atom is -0.494 e. The fourth-order valence-electron chi connectivity index (χ4n) is 3.10. The van der Waals surface area contributed by atoms with Crippen LogP contribution in [0.1, 0.15) is 12.5 Å². The minimum absolute atomic E-state index is 0.649. The molecule has 0 saturated carbocycles. The van der Waals surface area contributed by atoms with Gasteiger partial charge >= 0.3 is 0 Å². The van der Waals surface area contributed by atoms with Crippen LogP contribution < -0.4 is 4.74 Å². The molecule has 4 aromatic rings. The van der Waals surface area contributed by atoms with Crippen molar-refractivity contribution in [2.45, 2.75) is 12.1 Å². The molecule has 0 aliphatic rings. The minimum atomic E-state index is 0.649. The van der Waals surface area contributed by atoms with E-state index < -0.39 is 0 Å². The smallest absolute Gasteiger partial charge is 0.196 e. The number of ether oxygens (including phenoxy) is 1. The average Bonchev–Trinajstić information content (AvgIpc) is 3.23. The maximum absolute atomic E-state index is 5.59. The Hall–Kier alpha value is -3.31. The Kier molecular flexibility index (Phi) is 6.62. The Morgan fingerprint density at radius 3 is 2.27 bits per heavy atom. The van der Waals surface area contributed by atoms with Gasteiger partial charge in [0.2, 0.25) is 0 Å². The maximum atomic E-state index is 5.59. The first kappa shape index (κ1) is 20.0. The molecule has 150 valence electrons. The van der Waals surface area contributed by atoms with E-state index in [1.165, 1.54) is 5.56 Å². The van der Waals surface area contributed by atoms with Crippen LogP contribution in [-0.2, 0) is 0 Å². The summed E-state index contributed by atoms with van der Waals surface area (Å²) in [6.07, 6.45) is 4.28. The largest absolute Gasteiger partial charge is 0.494 e. The summed E-state index contributed by atoms with van der Waals surface area (Å²) < 4.78 is 7.69. The third-order valence-electron chi connectivity index (χ3n) is 4.49. The van der Waals surface area contributed by atoms with Gasteiger partial charge in [0.05, 0.1) is 6.61 Å². The fraction of sp³-hybridized carbons (Fsp3) is 0.120. The molecule has 0 unspecified atom stereocenters. The molecule has 0 amide bonds. The molecule has 0 saturated heterocycles. The normalized spacial score (nSPS) is 11.1. The summed E-state index contributed by atoms with van der Waals surface area (Å²) in [4.78, 5) is 0. The van der Waals surface area contributed by atoms with Crippen LogP contribution in [0.3, 0.4) is 0 Å². The summed E-state index contributed by atoms with van der Waals surface area (Å²) in [6, 6.07) is 28.5. The zero-order valence-electron chi connectivity index (χ0n) is 16.8. The molecule has 0 N–H and O–H groups in total. The number of rotatable bonds is 8. The molecule has 0 aliphatic heterocycles. The number of hydrogen-bond donors (Lipinski definition) is 0. The SMILES string of the molecule is CCOc1ccc(-n2c(SCC=Cc3ccccc3)nnc2-c2ccccc2)cc1. The monoisotopic (exact) mass is 413 g/mol. The molecule has 1 aromatic heterocycles. The van der Waals surface area contributed by atoms with Gasteiger partial charge in [-0.2, -0.15) is 0 Å². The molecule has 0 radical (unpaired) electrons. The molecule has 1 heterocycles. The molecule has 4 rings (SSSR count). The molecule has 4 nitrogen and oxygen atoms in total. The molecule has 3 aromatic carbocycles. The lowest BCUT2D eigenvalue weighted by Gasteiger charge is -2.11. The zero-order valence-corrected chi connectivity index (χ0v) is 17.6. The summed E-state index contributed by atoms with van der Waals surface area (Å²) in [6.45, 7) is 2.63. The van der Waals surface area contributed by atoms with Crippen LogP contribution >= 0.6 is 11.8 Å². The first-order chi connectivity index (χ1) is 14.8. The van der Waals surface area contributed by atoms with E-state index in [4.69, 9.17) is 4.74 Å². The van der Waals surface area contributed by atoms with Crippen LogP contribution in [0.4, 0.5) is 0 Å². The molecular formula is C25H23N3OS. The van der Waals surface area contributed by atoms with Crippen LogP contribution in [0.2, 0.25) is 0 Å². The summed E-state index contributed by atoms with van der Waals surface area (Å²) in [7, 11) is 0. The van der Waals surface area contributed by atoms with Gasteiger partial charge in [0.1, 0.15) is 5.75 Å². The van der Waals surface area contributed by atoms with Crippen LogP contribution in [0.15, 0.2) is 96.2 Å². The van der Waals surface area contributed by atoms with Crippen LogP contribution in [0, 0.1) is 0 Å². The lowest BCUT2D eigenvalue weighted by Crippen LogP contribution is -2.00. The van der Waals surface area contributed by atoms with Crippen molar-refractivity contribution in [3.8, 4) is 22.8 Å². The Labute approximate surface area is 181 Å². The predicted octanol–water partition coefficient (Wildman–Crippen LogP) is 6.14. The van der Waals surface area contributed by atoms with Crippen molar-refractivity contribution in [2.24, 2.45) is 0 Å². The lowest BCUT2D eigenvalue weighted by atomic mass is 10.2. The Morgan fingerprint density at radius 1 is 0.867 bits per heavy atom. The molecule has 0 fully saturated rings. The molecule has 0 aliphatic carbocycles. The second kappa shape index (κ2) is 9.94. The van der Waals surface area contributed by atoms with Crippen molar-refractivity contribution in [1.82, 2.24) is 14.8 Å². The number of benzene rings is 3. The van der Waals surface area contributed by atoms with E-state index >= 15 is 0 Å². The van der Waals surface area contributed by atoms with E-state index in [2.05, 4.69) is 51.2 Å². The van der Waals surface area contributed by atoms with E-state index in [9.17, 15) is 0 Å². The van der Waals surface area contributed by atoms with E-state index in [1.54, 1.807) is 11.8 Å². The van der Waals surface area contributed by atoms with Crippen molar-refractivity contribution in [2.75, 3.05) is 12.4 Å².